The first kappa shape index (κ1) is 30.8. The third-order valence-corrected chi connectivity index (χ3v) is 5.19. The smallest absolute Gasteiger partial charge is 0.326 e. The molecule has 4 unspecified atom stereocenters. The van der Waals surface area contributed by atoms with Gasteiger partial charge in [-0.2, -0.15) is 0 Å². The summed E-state index contributed by atoms with van der Waals surface area (Å²) >= 11 is 0. The van der Waals surface area contributed by atoms with E-state index in [2.05, 4.69) is 30.9 Å². The molecule has 0 bridgehead atoms. The van der Waals surface area contributed by atoms with Crippen molar-refractivity contribution in [2.24, 2.45) is 33.8 Å². The number of nitrogens with zero attached hydrogens (tertiary/aromatic N) is 2. The highest BCUT2D eigenvalue weighted by Crippen LogP contribution is 2.06. The molecule has 0 saturated heterocycles. The van der Waals surface area contributed by atoms with E-state index >= 15 is 0 Å². The summed E-state index contributed by atoms with van der Waals surface area (Å²) in [5.41, 5.74) is 22.1. The second kappa shape index (κ2) is 15.0. The molecule has 37 heavy (non-hydrogen) atoms. The summed E-state index contributed by atoms with van der Waals surface area (Å²) in [7, 11) is 0. The first-order valence-corrected chi connectivity index (χ1v) is 11.5. The van der Waals surface area contributed by atoms with E-state index in [4.69, 9.17) is 22.9 Å². The predicted octanol–water partition coefficient (Wildman–Crippen LogP) is -3.60. The van der Waals surface area contributed by atoms with Crippen LogP contribution < -0.4 is 38.9 Å². The van der Waals surface area contributed by atoms with Crippen LogP contribution in [0, 0.1) is 5.92 Å². The molecule has 1 aromatic rings. The highest BCUT2D eigenvalue weighted by molar-refractivity contribution is 5.96. The van der Waals surface area contributed by atoms with Gasteiger partial charge in [-0.15, -0.1) is 0 Å². The number of carboxylic acids is 1. The summed E-state index contributed by atoms with van der Waals surface area (Å²) in [4.78, 5) is 72.0. The van der Waals surface area contributed by atoms with E-state index < -0.39 is 66.1 Å². The van der Waals surface area contributed by atoms with Gasteiger partial charge in [0.05, 0.1) is 18.8 Å². The van der Waals surface area contributed by atoms with Gasteiger partial charge in [0.15, 0.2) is 5.96 Å². The fourth-order valence-electron chi connectivity index (χ4n) is 3.20. The van der Waals surface area contributed by atoms with Gasteiger partial charge >= 0.3 is 5.97 Å². The number of primary amides is 1. The number of amides is 4. The summed E-state index contributed by atoms with van der Waals surface area (Å²) in [6.07, 6.45) is 2.71. The Hall–Kier alpha value is -4.21. The highest BCUT2D eigenvalue weighted by atomic mass is 16.4. The molecule has 0 aliphatic rings. The summed E-state index contributed by atoms with van der Waals surface area (Å²) in [5.74, 6) is -5.09. The van der Waals surface area contributed by atoms with Crippen molar-refractivity contribution in [2.45, 2.75) is 63.7 Å². The number of nitrogens with one attached hydrogen (secondary N) is 4. The van der Waals surface area contributed by atoms with Gasteiger partial charge in [-0.1, -0.05) is 13.8 Å². The zero-order valence-electron chi connectivity index (χ0n) is 20.8. The van der Waals surface area contributed by atoms with Crippen LogP contribution in [0.2, 0.25) is 0 Å². The molecule has 1 rings (SSSR count). The zero-order valence-corrected chi connectivity index (χ0v) is 20.8. The number of aliphatic imine (C=N–C) groups is 1. The van der Waals surface area contributed by atoms with Crippen LogP contribution in [-0.4, -0.2) is 81.3 Å². The molecule has 16 nitrogen and oxygen atoms in total. The number of aromatic amines is 1. The molecule has 206 valence electrons. The number of hydrogen-bond donors (Lipinski definition) is 9. The number of H-pyrrole nitrogens is 1. The maximum atomic E-state index is 13.0. The Morgan fingerprint density at radius 3 is 2.16 bits per heavy atom. The van der Waals surface area contributed by atoms with Gasteiger partial charge in [0.25, 0.3) is 0 Å². The van der Waals surface area contributed by atoms with Crippen LogP contribution in [-0.2, 0) is 30.4 Å². The maximum absolute atomic E-state index is 13.0. The monoisotopic (exact) mass is 524 g/mol. The van der Waals surface area contributed by atoms with Crippen molar-refractivity contribution < 1.29 is 29.1 Å². The number of guanidine groups is 1. The third kappa shape index (κ3) is 11.4. The standard InChI is InChI=1S/C21H36N10O6/c1-10(2)16(20(36)37)31-19(35)13(6-11-8-26-9-28-11)30-18(34)14(7-15(23)32)29-17(33)12(22)4-3-5-27-21(24)25/h8-10,12-14,16H,3-7,22H2,1-2H3,(H2,23,32)(H,26,28)(H,29,33)(H,30,34)(H,31,35)(H,36,37)(H4,24,25,27). The highest BCUT2D eigenvalue weighted by Gasteiger charge is 2.32. The van der Waals surface area contributed by atoms with E-state index in [1.165, 1.54) is 12.5 Å². The van der Waals surface area contributed by atoms with Gasteiger partial charge in [-0.25, -0.2) is 9.78 Å². The van der Waals surface area contributed by atoms with Crippen molar-refractivity contribution in [1.82, 2.24) is 25.9 Å². The number of imidazole rings is 1. The molecular formula is C21H36N10O6. The topological polar surface area (TPSA) is 287 Å². The summed E-state index contributed by atoms with van der Waals surface area (Å²) in [5, 5.41) is 16.6. The zero-order chi connectivity index (χ0) is 28.1. The van der Waals surface area contributed by atoms with E-state index in [9.17, 15) is 29.1 Å². The molecule has 0 aliphatic heterocycles. The van der Waals surface area contributed by atoms with Gasteiger partial charge in [0.2, 0.25) is 23.6 Å². The Morgan fingerprint density at radius 2 is 1.65 bits per heavy atom. The number of rotatable bonds is 16. The summed E-state index contributed by atoms with van der Waals surface area (Å²) < 4.78 is 0. The van der Waals surface area contributed by atoms with Crippen molar-refractivity contribution in [2.75, 3.05) is 6.54 Å². The van der Waals surface area contributed by atoms with Gasteiger partial charge in [0.1, 0.15) is 18.1 Å². The lowest BCUT2D eigenvalue weighted by atomic mass is 10.0. The van der Waals surface area contributed by atoms with Gasteiger partial charge in [-0.3, -0.25) is 24.2 Å². The molecule has 0 aromatic carbocycles. The van der Waals surface area contributed by atoms with Crippen LogP contribution >= 0.6 is 0 Å². The van der Waals surface area contributed by atoms with Crippen LogP contribution in [0.15, 0.2) is 17.5 Å². The minimum Gasteiger partial charge on any atom is -0.480 e. The molecule has 4 amide bonds. The van der Waals surface area contributed by atoms with Crippen LogP contribution in [0.4, 0.5) is 0 Å². The maximum Gasteiger partial charge on any atom is 0.326 e. The molecule has 0 radical (unpaired) electrons. The third-order valence-electron chi connectivity index (χ3n) is 5.19. The fraction of sp³-hybridized carbons (Fsp3) is 0.571. The van der Waals surface area contributed by atoms with E-state index in [0.29, 0.717) is 12.1 Å². The number of aromatic nitrogens is 2. The van der Waals surface area contributed by atoms with Gasteiger partial charge in [-0.05, 0) is 18.8 Å². The first-order valence-electron chi connectivity index (χ1n) is 11.5. The molecule has 1 aromatic heterocycles. The fourth-order valence-corrected chi connectivity index (χ4v) is 3.20. The van der Waals surface area contributed by atoms with Crippen LogP contribution in [0.1, 0.15) is 38.8 Å². The normalized spacial score (nSPS) is 14.1. The molecule has 13 N–H and O–H groups in total. The number of carboxylic acid groups (broad SMARTS) is 1. The van der Waals surface area contributed by atoms with Crippen LogP contribution in [0.5, 0.6) is 0 Å². The van der Waals surface area contributed by atoms with Crippen molar-refractivity contribution in [1.29, 1.82) is 0 Å². The second-order valence-corrected chi connectivity index (χ2v) is 8.70. The van der Waals surface area contributed by atoms with Crippen LogP contribution in [0.3, 0.4) is 0 Å². The van der Waals surface area contributed by atoms with Crippen molar-refractivity contribution in [3.8, 4) is 0 Å². The Morgan fingerprint density at radius 1 is 1.03 bits per heavy atom. The molecule has 1 heterocycles. The summed E-state index contributed by atoms with van der Waals surface area (Å²) in [6.45, 7) is 3.47. The number of carbonyl (C=O) groups is 5. The van der Waals surface area contributed by atoms with E-state index in [1.807, 2.05) is 0 Å². The molecule has 0 fully saturated rings. The van der Waals surface area contributed by atoms with Crippen molar-refractivity contribution in [3.63, 3.8) is 0 Å². The molecule has 0 spiro atoms. The number of aliphatic carboxylic acids is 1. The molecule has 4 atom stereocenters. The Balaban J connectivity index is 2.99. The quantitative estimate of drug-likeness (QED) is 0.0581. The molecule has 0 aliphatic carbocycles. The van der Waals surface area contributed by atoms with Gasteiger partial charge in [0, 0.05) is 24.9 Å². The van der Waals surface area contributed by atoms with E-state index in [0.717, 1.165) is 0 Å². The largest absolute Gasteiger partial charge is 0.480 e. The lowest BCUT2D eigenvalue weighted by Gasteiger charge is -2.25. The van der Waals surface area contributed by atoms with E-state index in [1.54, 1.807) is 13.8 Å². The molecular weight excluding hydrogens is 488 g/mol. The summed E-state index contributed by atoms with van der Waals surface area (Å²) in [6, 6.07) is -4.96. The second-order valence-electron chi connectivity index (χ2n) is 8.70. The minimum atomic E-state index is -1.44. The van der Waals surface area contributed by atoms with E-state index in [-0.39, 0.29) is 25.3 Å². The van der Waals surface area contributed by atoms with Gasteiger partial charge < -0.3 is 49.0 Å². The molecule has 0 saturated carbocycles. The first-order chi connectivity index (χ1) is 17.3. The lowest BCUT2D eigenvalue weighted by molar-refractivity contribution is -0.143. The van der Waals surface area contributed by atoms with Crippen molar-refractivity contribution in [3.05, 3.63) is 18.2 Å². The number of hydrogen-bond acceptors (Lipinski definition) is 8. The predicted molar refractivity (Wildman–Crippen MR) is 132 cm³/mol. The Labute approximate surface area is 213 Å². The average molecular weight is 525 g/mol. The lowest BCUT2D eigenvalue weighted by Crippen LogP contribution is -2.58. The van der Waals surface area contributed by atoms with Crippen LogP contribution in [0.25, 0.3) is 0 Å². The Kier molecular flexibility index (Phi) is 12.5. The number of nitrogens with two attached hydrogens (primary N) is 4. The minimum absolute atomic E-state index is 0.0798. The van der Waals surface area contributed by atoms with Crippen molar-refractivity contribution >= 4 is 35.6 Å². The Bertz CT molecular complexity index is 961. The average Bonchev–Trinajstić information content (AvgIpc) is 3.31. The number of carbonyl (C=O) groups excluding carboxylic acids is 4. The SMILES string of the molecule is CC(C)C(NC(=O)C(Cc1cnc[nH]1)NC(=O)C(CC(N)=O)NC(=O)C(N)CCCN=C(N)N)C(=O)O. The molecule has 16 heteroatoms.